The van der Waals surface area contributed by atoms with E-state index >= 15 is 0 Å². The number of aliphatic hydroxyl groups is 1. The van der Waals surface area contributed by atoms with E-state index in [1.165, 1.54) is 38.9 Å². The van der Waals surface area contributed by atoms with Crippen LogP contribution in [-0.2, 0) is 36.7 Å². The van der Waals surface area contributed by atoms with Gasteiger partial charge in [0.15, 0.2) is 5.78 Å². The molecule has 4 aromatic rings. The van der Waals surface area contributed by atoms with Crippen molar-refractivity contribution in [2.75, 3.05) is 0 Å². The van der Waals surface area contributed by atoms with Gasteiger partial charge in [-0.05, 0) is 76.1 Å². The van der Waals surface area contributed by atoms with E-state index in [2.05, 4.69) is 127 Å². The Bertz CT molecular complexity index is 1900. The Hall–Kier alpha value is -3.11. The normalized spacial score (nSPS) is 14.1. The van der Waals surface area contributed by atoms with Gasteiger partial charge in [-0.25, -0.2) is 0 Å². The zero-order valence-electron chi connectivity index (χ0n) is 33.8. The summed E-state index contributed by atoms with van der Waals surface area (Å²) in [6.07, 6.45) is 10.4. The van der Waals surface area contributed by atoms with Crippen LogP contribution in [0, 0.1) is 23.3 Å². The average Bonchev–Trinajstić information content (AvgIpc) is 3.33. The number of pyridine rings is 1. The van der Waals surface area contributed by atoms with Crippen molar-refractivity contribution in [1.29, 1.82) is 0 Å². The Kier molecular flexibility index (Phi) is 14.8. The van der Waals surface area contributed by atoms with Crippen LogP contribution in [0.15, 0.2) is 78.7 Å². The Morgan fingerprint density at radius 2 is 1.50 bits per heavy atom. The summed E-state index contributed by atoms with van der Waals surface area (Å²) in [4.78, 5) is 16.5. The first kappa shape index (κ1) is 43.3. The molecular weight excluding hydrogens is 831 g/mol. The minimum absolute atomic E-state index is 0. The summed E-state index contributed by atoms with van der Waals surface area (Å²) in [5.41, 5.74) is 7.87. The summed E-state index contributed by atoms with van der Waals surface area (Å²) in [6, 6.07) is 26.2. The molecule has 52 heavy (non-hydrogen) atoms. The number of rotatable bonds is 10. The third-order valence-corrected chi connectivity index (χ3v) is 14.1. The van der Waals surface area contributed by atoms with E-state index in [-0.39, 0.29) is 54.3 Å². The fraction of sp³-hybridized carbons (Fsp3) is 0.447. The molecule has 0 aliphatic carbocycles. The van der Waals surface area contributed by atoms with Crippen molar-refractivity contribution >= 4 is 41.1 Å². The number of allylic oxidation sites excluding steroid dienone is 2. The van der Waals surface area contributed by atoms with Crippen molar-refractivity contribution in [3.63, 3.8) is 0 Å². The van der Waals surface area contributed by atoms with Crippen LogP contribution in [-0.4, -0.2) is 23.9 Å². The van der Waals surface area contributed by atoms with Crippen molar-refractivity contribution in [3.8, 4) is 11.3 Å². The van der Waals surface area contributed by atoms with Crippen molar-refractivity contribution < 1.29 is 30.0 Å². The van der Waals surface area contributed by atoms with Crippen molar-refractivity contribution in [1.82, 2.24) is 4.98 Å². The molecule has 1 aliphatic rings. The molecule has 281 valence electrons. The van der Waals surface area contributed by atoms with Gasteiger partial charge in [-0.2, -0.15) is 0 Å². The molecule has 0 fully saturated rings. The fourth-order valence-electron chi connectivity index (χ4n) is 7.46. The standard InChI is InChI=1S/C34H38NSi.C13H24O2.Ir/c1-33(2,3)22-23-13-14-31-27(17-23)21-32(36(31,7)8)25-15-16-35-30(20-25)26-18-24-11-9-10-12-28(24)29(19-26)34(4,5)6;1-5-10(6-2)12(14)9-13(15)11(7-3)8-4;/h9-17,19-21H,22H2,1-8H3;9-11,14H,5-8H2,1-4H3;/q-1;;/b;12-9-;. The number of aliphatic hydroxyl groups excluding tert-OH is 1. The molecular formula is C47H62IrNO2Si-. The zero-order chi connectivity index (χ0) is 37.7. The Labute approximate surface area is 329 Å². The minimum atomic E-state index is -1.80. The SMILES string of the molecule is CC(C)(C)Cc1ccc2c(c1)C=C(c1ccnc(-c3[c-]c4ccccc4c(C(C)(C)C)c3)c1)[Si]2(C)C.CCC(CC)C(=O)/C=C(\O)C(CC)CC.[Ir]. The number of nitrogens with zero attached hydrogens (tertiary/aromatic N) is 1. The number of aromatic nitrogens is 1. The summed E-state index contributed by atoms with van der Waals surface area (Å²) in [6.45, 7) is 26.8. The third kappa shape index (κ3) is 10.3. The predicted octanol–water partition coefficient (Wildman–Crippen LogP) is 12.5. The van der Waals surface area contributed by atoms with Crippen LogP contribution in [0.2, 0.25) is 13.1 Å². The summed E-state index contributed by atoms with van der Waals surface area (Å²) >= 11 is 0. The van der Waals surface area contributed by atoms with Gasteiger partial charge in [0.25, 0.3) is 0 Å². The molecule has 1 N–H and O–H groups in total. The maximum absolute atomic E-state index is 11.7. The van der Waals surface area contributed by atoms with Gasteiger partial charge in [-0.15, -0.1) is 29.1 Å². The Morgan fingerprint density at radius 1 is 0.865 bits per heavy atom. The summed E-state index contributed by atoms with van der Waals surface area (Å²) in [7, 11) is -1.80. The van der Waals surface area contributed by atoms with E-state index in [0.717, 1.165) is 48.7 Å². The number of hydrogen-bond acceptors (Lipinski definition) is 3. The van der Waals surface area contributed by atoms with Crippen LogP contribution in [0.5, 0.6) is 0 Å². The van der Waals surface area contributed by atoms with Crippen LogP contribution < -0.4 is 5.19 Å². The molecule has 0 atom stereocenters. The summed E-state index contributed by atoms with van der Waals surface area (Å²) < 4.78 is 0. The fourth-order valence-corrected chi connectivity index (χ4v) is 10.5. The van der Waals surface area contributed by atoms with Gasteiger partial charge in [0.2, 0.25) is 0 Å². The van der Waals surface area contributed by atoms with Crippen LogP contribution in [0.4, 0.5) is 0 Å². The molecule has 1 aromatic heterocycles. The van der Waals surface area contributed by atoms with Crippen LogP contribution in [0.1, 0.15) is 117 Å². The molecule has 1 aliphatic heterocycles. The smallest absolute Gasteiger partial charge is 0.162 e. The van der Waals surface area contributed by atoms with Gasteiger partial charge in [0.05, 0.1) is 5.76 Å². The molecule has 5 heteroatoms. The number of carbonyl (C=O) groups is 1. The summed E-state index contributed by atoms with van der Waals surface area (Å²) in [5, 5.41) is 15.2. The maximum Gasteiger partial charge on any atom is 0.162 e. The second-order valence-electron chi connectivity index (χ2n) is 17.2. The Morgan fingerprint density at radius 3 is 2.10 bits per heavy atom. The van der Waals surface area contributed by atoms with Gasteiger partial charge < -0.3 is 5.11 Å². The monoisotopic (exact) mass is 893 g/mol. The van der Waals surface area contributed by atoms with Crippen molar-refractivity contribution in [3.05, 3.63) is 107 Å². The second-order valence-corrected chi connectivity index (χ2v) is 21.5. The van der Waals surface area contributed by atoms with Gasteiger partial charge in [-0.3, -0.25) is 9.78 Å². The molecule has 0 saturated carbocycles. The number of hydrogen-bond donors (Lipinski definition) is 1. The molecule has 0 spiro atoms. The number of fused-ring (bicyclic) bond motifs is 2. The molecule has 0 amide bonds. The Balaban J connectivity index is 0.000000389. The number of ketones is 1. The van der Waals surface area contributed by atoms with E-state index in [4.69, 9.17) is 4.98 Å². The van der Waals surface area contributed by atoms with Gasteiger partial charge in [0, 0.05) is 49.9 Å². The largest absolute Gasteiger partial charge is 0.512 e. The van der Waals surface area contributed by atoms with E-state index in [1.807, 2.05) is 33.9 Å². The minimum Gasteiger partial charge on any atom is -0.512 e. The molecule has 0 saturated heterocycles. The van der Waals surface area contributed by atoms with Crippen molar-refractivity contribution in [2.45, 2.75) is 120 Å². The van der Waals surface area contributed by atoms with Crippen molar-refractivity contribution in [2.24, 2.45) is 17.3 Å². The zero-order valence-corrected chi connectivity index (χ0v) is 37.2. The molecule has 3 aromatic carbocycles. The first-order valence-corrected chi connectivity index (χ1v) is 22.2. The van der Waals surface area contributed by atoms with Gasteiger partial charge in [0.1, 0.15) is 8.07 Å². The molecule has 2 heterocycles. The van der Waals surface area contributed by atoms with E-state index in [0.29, 0.717) is 0 Å². The topological polar surface area (TPSA) is 50.2 Å². The second kappa shape index (κ2) is 17.8. The van der Waals surface area contributed by atoms with Crippen LogP contribution >= 0.6 is 0 Å². The molecule has 1 radical (unpaired) electrons. The van der Waals surface area contributed by atoms with E-state index in [9.17, 15) is 9.90 Å². The van der Waals surface area contributed by atoms with Crippen LogP contribution in [0.3, 0.4) is 0 Å². The number of carbonyl (C=O) groups excluding carboxylic acids is 1. The average molecular weight is 893 g/mol. The van der Waals surface area contributed by atoms with Gasteiger partial charge >= 0.3 is 0 Å². The van der Waals surface area contributed by atoms with Gasteiger partial charge in [-0.1, -0.05) is 142 Å². The summed E-state index contributed by atoms with van der Waals surface area (Å²) in [5.74, 6) is 0.547. The molecule has 0 unspecified atom stereocenters. The number of benzene rings is 3. The maximum atomic E-state index is 11.7. The van der Waals surface area contributed by atoms with E-state index < -0.39 is 8.07 Å². The predicted molar refractivity (Wildman–Crippen MR) is 223 cm³/mol. The first-order chi connectivity index (χ1) is 23.9. The molecule has 0 bridgehead atoms. The van der Waals surface area contributed by atoms with E-state index in [1.54, 1.807) is 5.19 Å². The molecule has 5 rings (SSSR count). The van der Waals surface area contributed by atoms with Crippen LogP contribution in [0.25, 0.3) is 33.3 Å². The third-order valence-electron chi connectivity index (χ3n) is 10.5. The first-order valence-electron chi connectivity index (χ1n) is 19.2. The molecule has 3 nitrogen and oxygen atoms in total. The quantitative estimate of drug-likeness (QED) is 0.0747.